The van der Waals surface area contributed by atoms with Crippen molar-refractivity contribution in [2.45, 2.75) is 25.2 Å². The summed E-state index contributed by atoms with van der Waals surface area (Å²) in [6.07, 6.45) is 3.91. The van der Waals surface area contributed by atoms with Gasteiger partial charge in [-0.05, 0) is 37.1 Å². The number of aryl methyl sites for hydroxylation is 1. The number of benzene rings is 1. The molecule has 3 aromatic rings. The Morgan fingerprint density at radius 2 is 1.89 bits per heavy atom. The van der Waals surface area contributed by atoms with Crippen LogP contribution >= 0.6 is 0 Å². The van der Waals surface area contributed by atoms with Crippen molar-refractivity contribution < 1.29 is 13.2 Å². The van der Waals surface area contributed by atoms with Crippen molar-refractivity contribution in [1.82, 2.24) is 14.3 Å². The Hall–Kier alpha value is -2.51. The first-order valence-corrected chi connectivity index (χ1v) is 10.5. The van der Waals surface area contributed by atoms with Gasteiger partial charge in [-0.3, -0.25) is 9.97 Å². The summed E-state index contributed by atoms with van der Waals surface area (Å²) in [6, 6.07) is 13.1. The Balaban J connectivity index is 1.49. The second kappa shape index (κ2) is 7.25. The molecule has 0 radical (unpaired) electrons. The first-order chi connectivity index (χ1) is 13.0. The maximum Gasteiger partial charge on any atom is 0.218 e. The fourth-order valence-corrected chi connectivity index (χ4v) is 4.98. The maximum atomic E-state index is 12.9. The highest BCUT2D eigenvalue weighted by Gasteiger charge is 2.33. The molecule has 7 heteroatoms. The summed E-state index contributed by atoms with van der Waals surface area (Å²) in [4.78, 5) is 8.57. The predicted molar refractivity (Wildman–Crippen MR) is 104 cm³/mol. The largest absolute Gasteiger partial charge is 0.487 e. The monoisotopic (exact) mass is 383 g/mol. The lowest BCUT2D eigenvalue weighted by molar-refractivity contribution is 0.213. The summed E-state index contributed by atoms with van der Waals surface area (Å²) >= 11 is 0. The van der Waals surface area contributed by atoms with Crippen LogP contribution in [0.5, 0.6) is 5.75 Å². The molecule has 1 atom stereocenters. The highest BCUT2D eigenvalue weighted by atomic mass is 32.2. The molecule has 0 amide bonds. The fraction of sp³-hybridized carbons (Fsp3) is 0.300. The van der Waals surface area contributed by atoms with E-state index in [1.165, 1.54) is 4.31 Å². The molecular formula is C20H21N3O3S. The number of hydrogen-bond donors (Lipinski definition) is 0. The number of para-hydroxylation sites is 1. The smallest absolute Gasteiger partial charge is 0.218 e. The molecule has 1 saturated heterocycles. The minimum Gasteiger partial charge on any atom is -0.487 e. The topological polar surface area (TPSA) is 72.4 Å². The molecule has 6 nitrogen and oxygen atoms in total. The van der Waals surface area contributed by atoms with Gasteiger partial charge in [0.1, 0.15) is 11.9 Å². The van der Waals surface area contributed by atoms with Gasteiger partial charge in [-0.2, -0.15) is 4.31 Å². The van der Waals surface area contributed by atoms with E-state index >= 15 is 0 Å². The highest BCUT2D eigenvalue weighted by Crippen LogP contribution is 2.25. The van der Waals surface area contributed by atoms with Gasteiger partial charge in [0.05, 0.1) is 23.5 Å². The van der Waals surface area contributed by atoms with Crippen molar-refractivity contribution in [3.8, 4) is 5.75 Å². The van der Waals surface area contributed by atoms with Crippen LogP contribution in [-0.2, 0) is 15.8 Å². The lowest BCUT2D eigenvalue weighted by atomic mass is 10.1. The Kier molecular flexibility index (Phi) is 4.80. The van der Waals surface area contributed by atoms with Crippen LogP contribution in [0.2, 0.25) is 0 Å². The Morgan fingerprint density at radius 1 is 1.11 bits per heavy atom. The average Bonchev–Trinajstić information content (AvgIpc) is 3.13. The van der Waals surface area contributed by atoms with Crippen LogP contribution in [0, 0.1) is 6.92 Å². The zero-order chi connectivity index (χ0) is 18.9. The van der Waals surface area contributed by atoms with Crippen molar-refractivity contribution >= 4 is 20.9 Å². The number of sulfonamides is 1. The minimum absolute atomic E-state index is 0.0556. The van der Waals surface area contributed by atoms with E-state index in [0.717, 1.165) is 22.2 Å². The van der Waals surface area contributed by atoms with E-state index in [0.29, 0.717) is 25.3 Å². The first-order valence-electron chi connectivity index (χ1n) is 8.92. The van der Waals surface area contributed by atoms with Crippen LogP contribution in [0.1, 0.15) is 17.7 Å². The van der Waals surface area contributed by atoms with E-state index in [-0.39, 0.29) is 11.9 Å². The summed E-state index contributed by atoms with van der Waals surface area (Å²) in [6.45, 7) is 2.70. The van der Waals surface area contributed by atoms with E-state index in [4.69, 9.17) is 4.74 Å². The van der Waals surface area contributed by atoms with Crippen molar-refractivity contribution in [2.24, 2.45) is 0 Å². The maximum absolute atomic E-state index is 12.9. The molecule has 0 aliphatic carbocycles. The molecule has 3 heterocycles. The fourth-order valence-electron chi connectivity index (χ4n) is 3.39. The molecule has 1 aliphatic heterocycles. The summed E-state index contributed by atoms with van der Waals surface area (Å²) in [7, 11) is -3.44. The van der Waals surface area contributed by atoms with E-state index in [1.54, 1.807) is 12.4 Å². The zero-order valence-electron chi connectivity index (χ0n) is 15.1. The van der Waals surface area contributed by atoms with Crippen LogP contribution in [0.3, 0.4) is 0 Å². The van der Waals surface area contributed by atoms with Gasteiger partial charge in [0, 0.05) is 24.3 Å². The van der Waals surface area contributed by atoms with Crippen molar-refractivity contribution in [1.29, 1.82) is 0 Å². The number of ether oxygens (including phenoxy) is 1. The number of pyridine rings is 2. The van der Waals surface area contributed by atoms with Crippen molar-refractivity contribution in [2.75, 3.05) is 13.1 Å². The molecule has 4 rings (SSSR count). The number of aromatic nitrogens is 2. The van der Waals surface area contributed by atoms with Gasteiger partial charge in [-0.25, -0.2) is 8.42 Å². The summed E-state index contributed by atoms with van der Waals surface area (Å²) in [5.41, 5.74) is 2.27. The third-order valence-electron chi connectivity index (χ3n) is 4.81. The average molecular weight is 383 g/mol. The van der Waals surface area contributed by atoms with Gasteiger partial charge in [-0.1, -0.05) is 24.3 Å². The van der Waals surface area contributed by atoms with E-state index in [2.05, 4.69) is 9.97 Å². The zero-order valence-corrected chi connectivity index (χ0v) is 15.9. The highest BCUT2D eigenvalue weighted by molar-refractivity contribution is 7.88. The molecule has 0 bridgehead atoms. The van der Waals surface area contributed by atoms with Gasteiger partial charge in [0.2, 0.25) is 10.0 Å². The molecule has 1 aliphatic rings. The molecule has 27 heavy (non-hydrogen) atoms. The Morgan fingerprint density at radius 3 is 2.74 bits per heavy atom. The van der Waals surface area contributed by atoms with Gasteiger partial charge >= 0.3 is 0 Å². The Bertz CT molecular complexity index is 1060. The van der Waals surface area contributed by atoms with Gasteiger partial charge in [0.15, 0.2) is 0 Å². The van der Waals surface area contributed by atoms with Crippen molar-refractivity contribution in [3.63, 3.8) is 0 Å². The van der Waals surface area contributed by atoms with Crippen LogP contribution in [0.15, 0.2) is 54.9 Å². The standard InChI is InChI=1S/C20H21N3O3S/c1-15-19(8-4-10-21-15)26-18-9-12-23(13-18)27(24,25)14-17-6-2-5-16-7-3-11-22-20(16)17/h2-8,10-11,18H,9,12-14H2,1H3/t18-/m1/s1. The molecular weight excluding hydrogens is 362 g/mol. The lowest BCUT2D eigenvalue weighted by Crippen LogP contribution is -2.32. The second-order valence-corrected chi connectivity index (χ2v) is 8.69. The summed E-state index contributed by atoms with van der Waals surface area (Å²) < 4.78 is 33.4. The van der Waals surface area contributed by atoms with Gasteiger partial charge < -0.3 is 4.74 Å². The molecule has 2 aromatic heterocycles. The molecule has 0 saturated carbocycles. The van der Waals surface area contributed by atoms with Gasteiger partial charge in [-0.15, -0.1) is 0 Å². The van der Waals surface area contributed by atoms with Crippen LogP contribution in [0.4, 0.5) is 0 Å². The summed E-state index contributed by atoms with van der Waals surface area (Å²) in [5.74, 6) is 0.653. The molecule has 1 aromatic carbocycles. The second-order valence-electron chi connectivity index (χ2n) is 6.72. The van der Waals surface area contributed by atoms with Crippen molar-refractivity contribution in [3.05, 3.63) is 66.1 Å². The number of hydrogen-bond acceptors (Lipinski definition) is 5. The third kappa shape index (κ3) is 3.79. The lowest BCUT2D eigenvalue weighted by Gasteiger charge is -2.18. The number of rotatable bonds is 5. The van der Waals surface area contributed by atoms with Crippen LogP contribution in [0.25, 0.3) is 10.9 Å². The number of nitrogens with zero attached hydrogens (tertiary/aromatic N) is 3. The normalized spacial score (nSPS) is 18.0. The predicted octanol–water partition coefficient (Wildman–Crippen LogP) is 2.92. The molecule has 0 N–H and O–H groups in total. The Labute approximate surface area is 158 Å². The molecule has 0 spiro atoms. The first kappa shape index (κ1) is 17.9. The van der Waals surface area contributed by atoms with E-state index in [1.807, 2.05) is 49.4 Å². The SMILES string of the molecule is Cc1ncccc1O[C@@H]1CCN(S(=O)(=O)Cc2cccc3cccnc23)C1. The van der Waals surface area contributed by atoms with Crippen LogP contribution in [-0.4, -0.2) is 41.9 Å². The van der Waals surface area contributed by atoms with E-state index < -0.39 is 10.0 Å². The third-order valence-corrected chi connectivity index (χ3v) is 6.60. The summed E-state index contributed by atoms with van der Waals surface area (Å²) in [5, 5.41) is 0.944. The quantitative estimate of drug-likeness (QED) is 0.677. The van der Waals surface area contributed by atoms with Gasteiger partial charge in [0.25, 0.3) is 0 Å². The van der Waals surface area contributed by atoms with E-state index in [9.17, 15) is 8.42 Å². The molecule has 1 fully saturated rings. The number of fused-ring (bicyclic) bond motifs is 1. The van der Waals surface area contributed by atoms with Crippen LogP contribution < -0.4 is 4.74 Å². The minimum atomic E-state index is -3.44. The molecule has 0 unspecified atom stereocenters. The molecule has 140 valence electrons.